The summed E-state index contributed by atoms with van der Waals surface area (Å²) in [6, 6.07) is -0.103. The zero-order valence-electron chi connectivity index (χ0n) is 8.56. The molecule has 0 spiro atoms. The molecule has 2 unspecified atom stereocenters. The smallest absolute Gasteiger partial charge is 0.230 e. The first-order valence-corrected chi connectivity index (χ1v) is 5.80. The van der Waals surface area contributed by atoms with Crippen molar-refractivity contribution in [3.05, 3.63) is 16.6 Å². The van der Waals surface area contributed by atoms with Gasteiger partial charge in [0.25, 0.3) is 0 Å². The molecule has 1 aromatic heterocycles. The molecule has 1 heterocycles. The highest BCUT2D eigenvalue weighted by Crippen LogP contribution is 2.15. The van der Waals surface area contributed by atoms with Crippen molar-refractivity contribution in [2.45, 2.75) is 19.9 Å². The minimum atomic E-state index is -0.442. The molecular weight excluding hydrogens is 230 g/mol. The van der Waals surface area contributed by atoms with E-state index in [1.165, 1.54) is 11.3 Å². The average Bonchev–Trinajstić information content (AvgIpc) is 2.68. The number of thiocarbonyl (C=S) groups is 1. The number of nitrogens with zero attached hydrogens (tertiary/aromatic N) is 1. The molecule has 1 rings (SSSR count). The van der Waals surface area contributed by atoms with E-state index >= 15 is 0 Å². The highest BCUT2D eigenvalue weighted by atomic mass is 32.1. The van der Waals surface area contributed by atoms with Gasteiger partial charge in [0.1, 0.15) is 5.01 Å². The molecule has 0 saturated carbocycles. The summed E-state index contributed by atoms with van der Waals surface area (Å²) >= 11 is 6.25. The van der Waals surface area contributed by atoms with E-state index in [0.717, 1.165) is 5.01 Å². The molecule has 1 aromatic rings. The van der Waals surface area contributed by atoms with Crippen molar-refractivity contribution in [3.8, 4) is 0 Å². The second kappa shape index (κ2) is 5.18. The van der Waals surface area contributed by atoms with Gasteiger partial charge in [0.05, 0.1) is 16.9 Å². The number of nitrogens with one attached hydrogen (secondary N) is 1. The Morgan fingerprint density at radius 2 is 2.33 bits per heavy atom. The summed E-state index contributed by atoms with van der Waals surface area (Å²) in [7, 11) is 0. The van der Waals surface area contributed by atoms with Crippen molar-refractivity contribution in [1.29, 1.82) is 0 Å². The average molecular weight is 243 g/mol. The number of amides is 1. The molecule has 82 valence electrons. The Balaban J connectivity index is 2.56. The van der Waals surface area contributed by atoms with Crippen molar-refractivity contribution < 1.29 is 4.79 Å². The predicted octanol–water partition coefficient (Wildman–Crippen LogP) is 1.24. The van der Waals surface area contributed by atoms with Crippen LogP contribution in [0.4, 0.5) is 0 Å². The van der Waals surface area contributed by atoms with Gasteiger partial charge in [-0.05, 0) is 13.8 Å². The number of hydrogen-bond donors (Lipinski definition) is 2. The molecule has 0 fully saturated rings. The van der Waals surface area contributed by atoms with Crippen LogP contribution < -0.4 is 11.1 Å². The Hall–Kier alpha value is -1.01. The van der Waals surface area contributed by atoms with Crippen molar-refractivity contribution in [1.82, 2.24) is 10.3 Å². The van der Waals surface area contributed by atoms with Crippen molar-refractivity contribution in [3.63, 3.8) is 0 Å². The minimum Gasteiger partial charge on any atom is -0.393 e. The molecule has 15 heavy (non-hydrogen) atoms. The quantitative estimate of drug-likeness (QED) is 0.781. The summed E-state index contributed by atoms with van der Waals surface area (Å²) in [4.78, 5) is 15.9. The fourth-order valence-corrected chi connectivity index (χ4v) is 1.73. The summed E-state index contributed by atoms with van der Waals surface area (Å²) in [6.45, 7) is 3.56. The van der Waals surface area contributed by atoms with Gasteiger partial charge >= 0.3 is 0 Å². The van der Waals surface area contributed by atoms with E-state index in [4.69, 9.17) is 18.0 Å². The lowest BCUT2D eigenvalue weighted by atomic mass is 10.1. The van der Waals surface area contributed by atoms with E-state index in [9.17, 15) is 4.79 Å². The Kier molecular flexibility index (Phi) is 4.16. The van der Waals surface area contributed by atoms with E-state index < -0.39 is 5.92 Å². The van der Waals surface area contributed by atoms with Crippen LogP contribution in [-0.4, -0.2) is 15.9 Å². The Labute approximate surface area is 97.9 Å². The van der Waals surface area contributed by atoms with Gasteiger partial charge in [0, 0.05) is 11.6 Å². The molecule has 1 amide bonds. The maximum Gasteiger partial charge on any atom is 0.230 e. The number of carbonyl (C=O) groups is 1. The molecule has 0 aliphatic rings. The van der Waals surface area contributed by atoms with E-state index in [-0.39, 0.29) is 16.9 Å². The summed E-state index contributed by atoms with van der Waals surface area (Å²) in [5.41, 5.74) is 5.39. The molecule has 3 N–H and O–H groups in total. The summed E-state index contributed by atoms with van der Waals surface area (Å²) < 4.78 is 0. The third kappa shape index (κ3) is 3.24. The van der Waals surface area contributed by atoms with Crippen LogP contribution in [0.5, 0.6) is 0 Å². The van der Waals surface area contributed by atoms with Gasteiger partial charge in [-0.15, -0.1) is 11.3 Å². The second-order valence-corrected chi connectivity index (χ2v) is 4.62. The van der Waals surface area contributed by atoms with E-state index in [0.29, 0.717) is 0 Å². The molecule has 2 atom stereocenters. The van der Waals surface area contributed by atoms with Crippen LogP contribution >= 0.6 is 23.6 Å². The van der Waals surface area contributed by atoms with Gasteiger partial charge in [-0.1, -0.05) is 12.2 Å². The first-order valence-electron chi connectivity index (χ1n) is 4.51. The summed E-state index contributed by atoms with van der Waals surface area (Å²) in [5.74, 6) is -0.604. The molecule has 0 aromatic carbocycles. The van der Waals surface area contributed by atoms with Crippen molar-refractivity contribution >= 4 is 34.5 Å². The number of rotatable bonds is 4. The number of aromatic nitrogens is 1. The molecule has 0 saturated heterocycles. The maximum absolute atomic E-state index is 11.6. The molecule has 0 aliphatic carbocycles. The zero-order chi connectivity index (χ0) is 11.4. The predicted molar refractivity (Wildman–Crippen MR) is 64.6 cm³/mol. The van der Waals surface area contributed by atoms with Crippen molar-refractivity contribution in [2.24, 2.45) is 11.7 Å². The first kappa shape index (κ1) is 12.1. The molecular formula is C9H13N3OS2. The number of nitrogens with two attached hydrogens (primary N) is 1. The van der Waals surface area contributed by atoms with Gasteiger partial charge in [-0.2, -0.15) is 0 Å². The molecule has 0 aliphatic heterocycles. The zero-order valence-corrected chi connectivity index (χ0v) is 10.2. The fraction of sp³-hybridized carbons (Fsp3) is 0.444. The van der Waals surface area contributed by atoms with Crippen LogP contribution in [0.3, 0.4) is 0 Å². The first-order chi connectivity index (χ1) is 7.02. The fourth-order valence-electron chi connectivity index (χ4n) is 0.978. The second-order valence-electron chi connectivity index (χ2n) is 3.22. The van der Waals surface area contributed by atoms with E-state index in [1.807, 2.05) is 12.3 Å². The summed E-state index contributed by atoms with van der Waals surface area (Å²) in [6.07, 6.45) is 1.71. The number of carbonyl (C=O) groups excluding carboxylic acids is 1. The Bertz CT molecular complexity index is 350. The highest BCUT2D eigenvalue weighted by molar-refractivity contribution is 7.80. The Morgan fingerprint density at radius 3 is 2.80 bits per heavy atom. The third-order valence-corrected chi connectivity index (χ3v) is 3.31. The molecule has 6 heteroatoms. The normalized spacial score (nSPS) is 14.3. The van der Waals surface area contributed by atoms with Crippen LogP contribution in [-0.2, 0) is 4.79 Å². The van der Waals surface area contributed by atoms with Crippen LogP contribution in [0.2, 0.25) is 0 Å². The molecule has 0 radical (unpaired) electrons. The SMILES string of the molecule is CC(C(=O)NC(C)c1nccs1)C(N)=S. The van der Waals surface area contributed by atoms with Gasteiger partial charge in [-0.25, -0.2) is 4.98 Å². The minimum absolute atomic E-state index is 0.103. The number of hydrogen-bond acceptors (Lipinski definition) is 4. The standard InChI is InChI=1S/C9H13N3OS2/c1-5(7(10)14)8(13)12-6(2)9-11-3-4-15-9/h3-6H,1-2H3,(H2,10,14)(H,12,13). The Morgan fingerprint density at radius 1 is 1.67 bits per heavy atom. The van der Waals surface area contributed by atoms with Gasteiger partial charge in [-0.3, -0.25) is 4.79 Å². The van der Waals surface area contributed by atoms with Crippen LogP contribution in [0, 0.1) is 5.92 Å². The third-order valence-electron chi connectivity index (χ3n) is 2.00. The number of thiazole rings is 1. The van der Waals surface area contributed by atoms with Gasteiger partial charge in [0.2, 0.25) is 5.91 Å². The molecule has 4 nitrogen and oxygen atoms in total. The van der Waals surface area contributed by atoms with Crippen LogP contribution in [0.15, 0.2) is 11.6 Å². The lowest BCUT2D eigenvalue weighted by molar-refractivity contribution is -0.123. The topological polar surface area (TPSA) is 68.0 Å². The summed E-state index contributed by atoms with van der Waals surface area (Å²) in [5, 5.41) is 5.55. The molecule has 0 bridgehead atoms. The highest BCUT2D eigenvalue weighted by Gasteiger charge is 2.18. The monoisotopic (exact) mass is 243 g/mol. The van der Waals surface area contributed by atoms with E-state index in [1.54, 1.807) is 13.1 Å². The largest absolute Gasteiger partial charge is 0.393 e. The van der Waals surface area contributed by atoms with Gasteiger partial charge < -0.3 is 11.1 Å². The van der Waals surface area contributed by atoms with Crippen molar-refractivity contribution in [2.75, 3.05) is 0 Å². The van der Waals surface area contributed by atoms with Crippen LogP contribution in [0.1, 0.15) is 24.9 Å². The van der Waals surface area contributed by atoms with E-state index in [2.05, 4.69) is 10.3 Å². The lowest BCUT2D eigenvalue weighted by Crippen LogP contribution is -2.37. The maximum atomic E-state index is 11.6. The van der Waals surface area contributed by atoms with Crippen LogP contribution in [0.25, 0.3) is 0 Å². The lowest BCUT2D eigenvalue weighted by Gasteiger charge is -2.14. The van der Waals surface area contributed by atoms with Gasteiger partial charge in [0.15, 0.2) is 0 Å².